The van der Waals surface area contributed by atoms with Gasteiger partial charge in [-0.15, -0.1) is 0 Å². The van der Waals surface area contributed by atoms with E-state index in [1.807, 2.05) is 6.92 Å². The lowest BCUT2D eigenvalue weighted by Gasteiger charge is -2.45. The highest BCUT2D eigenvalue weighted by atomic mass is 16.5. The molecule has 1 saturated heterocycles. The van der Waals surface area contributed by atoms with Crippen LogP contribution in [0.15, 0.2) is 24.3 Å². The predicted molar refractivity (Wildman–Crippen MR) is 83.4 cm³/mol. The van der Waals surface area contributed by atoms with Crippen LogP contribution in [0.2, 0.25) is 0 Å². The molecule has 1 aromatic carbocycles. The molecule has 1 N–H and O–H groups in total. The Balaban J connectivity index is 2.07. The first-order valence-corrected chi connectivity index (χ1v) is 7.98. The molecule has 1 aliphatic heterocycles. The fraction of sp³-hybridized carbons (Fsp3) is 0.611. The lowest BCUT2D eigenvalue weighted by Crippen LogP contribution is -2.46. The van der Waals surface area contributed by atoms with E-state index >= 15 is 0 Å². The van der Waals surface area contributed by atoms with Crippen molar-refractivity contribution < 1.29 is 9.53 Å². The number of carbonyl (C=O) groups is 1. The summed E-state index contributed by atoms with van der Waals surface area (Å²) in [7, 11) is 0. The Morgan fingerprint density at radius 1 is 1.29 bits per heavy atom. The number of esters is 1. The summed E-state index contributed by atoms with van der Waals surface area (Å²) in [6.45, 7) is 8.56. The molecule has 0 saturated carbocycles. The normalized spacial score (nSPS) is 30.1. The number of nitrogens with one attached hydrogen (secondary N) is 1. The highest BCUT2D eigenvalue weighted by Crippen LogP contribution is 2.50. The number of hydrogen-bond donors (Lipinski definition) is 1. The van der Waals surface area contributed by atoms with Crippen molar-refractivity contribution in [3.63, 3.8) is 0 Å². The first-order chi connectivity index (χ1) is 10.0. The molecule has 21 heavy (non-hydrogen) atoms. The van der Waals surface area contributed by atoms with Crippen LogP contribution in [-0.4, -0.2) is 25.7 Å². The highest BCUT2D eigenvalue weighted by Gasteiger charge is 2.53. The van der Waals surface area contributed by atoms with Crippen molar-refractivity contribution in [1.29, 1.82) is 0 Å². The van der Waals surface area contributed by atoms with E-state index in [0.717, 1.165) is 25.9 Å². The van der Waals surface area contributed by atoms with E-state index in [2.05, 4.69) is 43.4 Å². The van der Waals surface area contributed by atoms with Crippen molar-refractivity contribution in [3.05, 3.63) is 35.4 Å². The maximum absolute atomic E-state index is 12.4. The quantitative estimate of drug-likeness (QED) is 0.850. The summed E-state index contributed by atoms with van der Waals surface area (Å²) in [4.78, 5) is 12.4. The number of benzene rings is 1. The van der Waals surface area contributed by atoms with E-state index in [1.165, 1.54) is 11.1 Å². The highest BCUT2D eigenvalue weighted by molar-refractivity contribution is 5.76. The van der Waals surface area contributed by atoms with Gasteiger partial charge in [-0.05, 0) is 36.3 Å². The smallest absolute Gasteiger partial charge is 0.311 e. The largest absolute Gasteiger partial charge is 0.466 e. The van der Waals surface area contributed by atoms with Crippen LogP contribution < -0.4 is 5.32 Å². The van der Waals surface area contributed by atoms with Gasteiger partial charge in [0.1, 0.15) is 0 Å². The number of ether oxygens (including phenoxy) is 1. The second-order valence-corrected chi connectivity index (χ2v) is 7.02. The fourth-order valence-electron chi connectivity index (χ4n) is 4.17. The van der Waals surface area contributed by atoms with Gasteiger partial charge in [0.05, 0.1) is 12.5 Å². The third-order valence-electron chi connectivity index (χ3n) is 5.42. The van der Waals surface area contributed by atoms with Crippen molar-refractivity contribution >= 4 is 5.97 Å². The van der Waals surface area contributed by atoms with Crippen molar-refractivity contribution in [2.45, 2.75) is 44.4 Å². The summed E-state index contributed by atoms with van der Waals surface area (Å²) in [5.74, 6) is -0.105. The molecule has 3 nitrogen and oxygen atoms in total. The van der Waals surface area contributed by atoms with E-state index in [9.17, 15) is 4.79 Å². The van der Waals surface area contributed by atoms with E-state index in [1.54, 1.807) is 0 Å². The molecule has 0 radical (unpaired) electrons. The Bertz CT molecular complexity index is 552. The third kappa shape index (κ3) is 2.18. The van der Waals surface area contributed by atoms with Gasteiger partial charge in [0, 0.05) is 18.5 Å². The molecule has 3 rings (SSSR count). The van der Waals surface area contributed by atoms with Crippen molar-refractivity contribution in [2.24, 2.45) is 5.92 Å². The molecule has 0 bridgehead atoms. The zero-order valence-corrected chi connectivity index (χ0v) is 13.2. The minimum absolute atomic E-state index is 0.0444. The van der Waals surface area contributed by atoms with Crippen LogP contribution >= 0.6 is 0 Å². The van der Waals surface area contributed by atoms with Crippen LogP contribution in [0.1, 0.15) is 44.7 Å². The summed E-state index contributed by atoms with van der Waals surface area (Å²) in [5.41, 5.74) is 2.85. The second-order valence-electron chi connectivity index (χ2n) is 7.02. The van der Waals surface area contributed by atoms with Crippen LogP contribution in [0.25, 0.3) is 0 Å². The van der Waals surface area contributed by atoms with Crippen molar-refractivity contribution in [1.82, 2.24) is 5.32 Å². The van der Waals surface area contributed by atoms with Gasteiger partial charge in [-0.2, -0.15) is 0 Å². The topological polar surface area (TPSA) is 38.3 Å². The van der Waals surface area contributed by atoms with Gasteiger partial charge in [-0.1, -0.05) is 38.1 Å². The molecule has 0 amide bonds. The Morgan fingerprint density at radius 2 is 2.00 bits per heavy atom. The molecule has 3 heteroatoms. The monoisotopic (exact) mass is 287 g/mol. The van der Waals surface area contributed by atoms with E-state index in [4.69, 9.17) is 4.74 Å². The van der Waals surface area contributed by atoms with Gasteiger partial charge in [-0.25, -0.2) is 0 Å². The molecule has 1 heterocycles. The minimum atomic E-state index is -0.0850. The molecule has 1 fully saturated rings. The summed E-state index contributed by atoms with van der Waals surface area (Å²) >= 11 is 0. The van der Waals surface area contributed by atoms with Crippen LogP contribution in [-0.2, 0) is 20.4 Å². The summed E-state index contributed by atoms with van der Waals surface area (Å²) < 4.78 is 5.34. The van der Waals surface area contributed by atoms with E-state index in [-0.39, 0.29) is 22.7 Å². The van der Waals surface area contributed by atoms with E-state index < -0.39 is 0 Å². The van der Waals surface area contributed by atoms with Crippen LogP contribution in [0, 0.1) is 5.92 Å². The van der Waals surface area contributed by atoms with Gasteiger partial charge in [0.15, 0.2) is 0 Å². The maximum Gasteiger partial charge on any atom is 0.311 e. The van der Waals surface area contributed by atoms with Crippen LogP contribution in [0.4, 0.5) is 0 Å². The molecular weight excluding hydrogens is 262 g/mol. The molecular formula is C18H25NO2. The summed E-state index contributed by atoms with van der Waals surface area (Å²) in [6.07, 6.45) is 2.16. The first kappa shape index (κ1) is 14.6. The number of hydrogen-bond acceptors (Lipinski definition) is 3. The standard InChI is InChI=1S/C18H25NO2/c1-4-21-16(20)15-11-19-12-18(15)10-9-17(2,3)13-7-5-6-8-14(13)18/h5-8,15,19H,4,9-12H2,1-3H3. The molecule has 0 aromatic heterocycles. The average Bonchev–Trinajstić information content (AvgIpc) is 2.89. The number of rotatable bonds is 2. The molecule has 2 aliphatic rings. The summed E-state index contributed by atoms with van der Waals surface area (Å²) in [5, 5.41) is 3.44. The Hall–Kier alpha value is -1.35. The Kier molecular flexibility index (Phi) is 3.56. The molecule has 1 aliphatic carbocycles. The number of carbonyl (C=O) groups excluding carboxylic acids is 1. The van der Waals surface area contributed by atoms with Gasteiger partial charge < -0.3 is 10.1 Å². The molecule has 1 aromatic rings. The Morgan fingerprint density at radius 3 is 2.71 bits per heavy atom. The minimum Gasteiger partial charge on any atom is -0.466 e. The Labute approximate surface area is 127 Å². The molecule has 2 atom stereocenters. The fourth-order valence-corrected chi connectivity index (χ4v) is 4.17. The first-order valence-electron chi connectivity index (χ1n) is 7.98. The molecule has 2 unspecified atom stereocenters. The zero-order chi connectivity index (χ0) is 15.1. The van der Waals surface area contributed by atoms with Gasteiger partial charge in [0.25, 0.3) is 0 Å². The maximum atomic E-state index is 12.4. The zero-order valence-electron chi connectivity index (χ0n) is 13.2. The van der Waals surface area contributed by atoms with Crippen LogP contribution in [0.3, 0.4) is 0 Å². The van der Waals surface area contributed by atoms with Crippen LogP contribution in [0.5, 0.6) is 0 Å². The lowest BCUT2D eigenvalue weighted by molar-refractivity contribution is -0.149. The molecule has 1 spiro atoms. The SMILES string of the molecule is CCOC(=O)C1CNCC12CCC(C)(C)c1ccccc12. The summed E-state index contributed by atoms with van der Waals surface area (Å²) in [6, 6.07) is 8.66. The van der Waals surface area contributed by atoms with E-state index in [0.29, 0.717) is 6.61 Å². The average molecular weight is 287 g/mol. The third-order valence-corrected chi connectivity index (χ3v) is 5.42. The lowest BCUT2D eigenvalue weighted by atomic mass is 9.58. The molecule has 114 valence electrons. The van der Waals surface area contributed by atoms with Crippen molar-refractivity contribution in [3.8, 4) is 0 Å². The van der Waals surface area contributed by atoms with Gasteiger partial charge >= 0.3 is 5.97 Å². The van der Waals surface area contributed by atoms with Gasteiger partial charge in [-0.3, -0.25) is 4.79 Å². The second kappa shape index (κ2) is 5.13. The van der Waals surface area contributed by atoms with Gasteiger partial charge in [0.2, 0.25) is 0 Å². The van der Waals surface area contributed by atoms with Crippen molar-refractivity contribution in [2.75, 3.05) is 19.7 Å². The predicted octanol–water partition coefficient (Wildman–Crippen LogP) is 2.78. The number of fused-ring (bicyclic) bond motifs is 2.